The van der Waals surface area contributed by atoms with Gasteiger partial charge in [-0.2, -0.15) is 0 Å². The molecule has 84 valence electrons. The SMILES string of the molecule is CCCC(O)c1cc(C(C)C)ccc1Br. The molecule has 0 radical (unpaired) electrons. The lowest BCUT2D eigenvalue weighted by Gasteiger charge is -2.15. The maximum absolute atomic E-state index is 9.98. The van der Waals surface area contributed by atoms with Crippen LogP contribution in [0.2, 0.25) is 0 Å². The monoisotopic (exact) mass is 270 g/mol. The van der Waals surface area contributed by atoms with Crippen LogP contribution in [0.4, 0.5) is 0 Å². The zero-order valence-corrected chi connectivity index (χ0v) is 11.2. The standard InChI is InChI=1S/C13H19BrO/c1-4-5-13(15)11-8-10(9(2)3)6-7-12(11)14/h6-9,13,15H,4-5H2,1-3H3. The Labute approximate surface area is 101 Å². The van der Waals surface area contributed by atoms with Crippen molar-refractivity contribution in [3.8, 4) is 0 Å². The highest BCUT2D eigenvalue weighted by molar-refractivity contribution is 9.10. The molecule has 1 nitrogen and oxygen atoms in total. The second-order valence-electron chi connectivity index (χ2n) is 4.24. The van der Waals surface area contributed by atoms with E-state index in [2.05, 4.69) is 48.8 Å². The number of hydrogen-bond donors (Lipinski definition) is 1. The minimum absolute atomic E-state index is 0.344. The smallest absolute Gasteiger partial charge is 0.0800 e. The van der Waals surface area contributed by atoms with E-state index in [0.29, 0.717) is 5.92 Å². The molecule has 1 N–H and O–H groups in total. The lowest BCUT2D eigenvalue weighted by Crippen LogP contribution is -2.00. The van der Waals surface area contributed by atoms with E-state index in [9.17, 15) is 5.11 Å². The average Bonchev–Trinajstić information content (AvgIpc) is 2.18. The summed E-state index contributed by atoms with van der Waals surface area (Å²) < 4.78 is 1.01. The first-order valence-electron chi connectivity index (χ1n) is 5.53. The Bertz CT molecular complexity index is 320. The van der Waals surface area contributed by atoms with Crippen molar-refractivity contribution in [3.63, 3.8) is 0 Å². The molecule has 0 aliphatic rings. The quantitative estimate of drug-likeness (QED) is 0.860. The summed E-state index contributed by atoms with van der Waals surface area (Å²) in [4.78, 5) is 0. The van der Waals surface area contributed by atoms with E-state index in [4.69, 9.17) is 0 Å². The molecule has 1 unspecified atom stereocenters. The second-order valence-corrected chi connectivity index (χ2v) is 5.09. The molecule has 0 aliphatic heterocycles. The van der Waals surface area contributed by atoms with Crippen LogP contribution in [0.25, 0.3) is 0 Å². The predicted octanol–water partition coefficient (Wildman–Crippen LogP) is 4.41. The highest BCUT2D eigenvalue weighted by Gasteiger charge is 2.12. The summed E-state index contributed by atoms with van der Waals surface area (Å²) in [5.74, 6) is 0.505. The largest absolute Gasteiger partial charge is 0.388 e. The molecule has 1 atom stereocenters. The highest BCUT2D eigenvalue weighted by atomic mass is 79.9. The summed E-state index contributed by atoms with van der Waals surface area (Å²) in [5.41, 5.74) is 2.30. The predicted molar refractivity (Wildman–Crippen MR) is 68.1 cm³/mol. The summed E-state index contributed by atoms with van der Waals surface area (Å²) in [6, 6.07) is 6.25. The van der Waals surface area contributed by atoms with E-state index < -0.39 is 0 Å². The van der Waals surface area contributed by atoms with E-state index in [0.717, 1.165) is 22.9 Å². The van der Waals surface area contributed by atoms with Crippen LogP contribution in [0.1, 0.15) is 56.8 Å². The molecule has 0 aliphatic carbocycles. The van der Waals surface area contributed by atoms with Crippen LogP contribution in [0, 0.1) is 0 Å². The van der Waals surface area contributed by atoms with Crippen molar-refractivity contribution < 1.29 is 5.11 Å². The highest BCUT2D eigenvalue weighted by Crippen LogP contribution is 2.29. The number of aliphatic hydroxyl groups is 1. The van der Waals surface area contributed by atoms with Gasteiger partial charge in [0.2, 0.25) is 0 Å². The number of benzene rings is 1. The molecule has 0 aromatic heterocycles. The molecule has 0 fully saturated rings. The number of hydrogen-bond acceptors (Lipinski definition) is 1. The van der Waals surface area contributed by atoms with Gasteiger partial charge in [-0.1, -0.05) is 55.3 Å². The van der Waals surface area contributed by atoms with E-state index >= 15 is 0 Å². The van der Waals surface area contributed by atoms with Crippen LogP contribution >= 0.6 is 15.9 Å². The fraction of sp³-hybridized carbons (Fsp3) is 0.538. The molecular formula is C13H19BrO. The van der Waals surface area contributed by atoms with Gasteiger partial charge in [-0.25, -0.2) is 0 Å². The normalized spacial score (nSPS) is 13.2. The fourth-order valence-electron chi connectivity index (χ4n) is 1.61. The van der Waals surface area contributed by atoms with Gasteiger partial charge in [0.25, 0.3) is 0 Å². The maximum atomic E-state index is 9.98. The molecule has 0 heterocycles. The van der Waals surface area contributed by atoms with Crippen molar-refractivity contribution >= 4 is 15.9 Å². The minimum Gasteiger partial charge on any atom is -0.388 e. The Balaban J connectivity index is 2.99. The van der Waals surface area contributed by atoms with Crippen LogP contribution in [0.15, 0.2) is 22.7 Å². The van der Waals surface area contributed by atoms with E-state index in [1.807, 2.05) is 6.07 Å². The topological polar surface area (TPSA) is 20.2 Å². The molecule has 1 aromatic carbocycles. The Morgan fingerprint density at radius 3 is 2.53 bits per heavy atom. The Kier molecular flexibility index (Phi) is 4.81. The van der Waals surface area contributed by atoms with Gasteiger partial charge >= 0.3 is 0 Å². The zero-order chi connectivity index (χ0) is 11.4. The van der Waals surface area contributed by atoms with E-state index in [-0.39, 0.29) is 6.10 Å². The number of rotatable bonds is 4. The summed E-state index contributed by atoms with van der Waals surface area (Å²) in [5, 5.41) is 9.98. The van der Waals surface area contributed by atoms with Gasteiger partial charge in [0.05, 0.1) is 6.10 Å². The van der Waals surface area contributed by atoms with Crippen molar-refractivity contribution in [2.24, 2.45) is 0 Å². The first-order chi connectivity index (χ1) is 7.06. The Morgan fingerprint density at radius 2 is 2.00 bits per heavy atom. The average molecular weight is 271 g/mol. The number of halogens is 1. The van der Waals surface area contributed by atoms with Crippen molar-refractivity contribution in [1.82, 2.24) is 0 Å². The number of aliphatic hydroxyl groups excluding tert-OH is 1. The van der Waals surface area contributed by atoms with Crippen molar-refractivity contribution in [2.45, 2.75) is 45.6 Å². The summed E-state index contributed by atoms with van der Waals surface area (Å²) in [7, 11) is 0. The Hall–Kier alpha value is -0.340. The van der Waals surface area contributed by atoms with Crippen LogP contribution < -0.4 is 0 Å². The van der Waals surface area contributed by atoms with Crippen LogP contribution in [-0.4, -0.2) is 5.11 Å². The van der Waals surface area contributed by atoms with Gasteiger partial charge in [0.15, 0.2) is 0 Å². The van der Waals surface area contributed by atoms with Gasteiger partial charge in [-0.3, -0.25) is 0 Å². The van der Waals surface area contributed by atoms with Gasteiger partial charge in [0, 0.05) is 4.47 Å². The third-order valence-electron chi connectivity index (χ3n) is 2.61. The summed E-state index contributed by atoms with van der Waals surface area (Å²) >= 11 is 3.49. The van der Waals surface area contributed by atoms with Gasteiger partial charge in [-0.15, -0.1) is 0 Å². The van der Waals surface area contributed by atoms with Crippen molar-refractivity contribution in [3.05, 3.63) is 33.8 Å². The molecule has 0 saturated heterocycles. The molecule has 2 heteroatoms. The van der Waals surface area contributed by atoms with E-state index in [1.165, 1.54) is 5.56 Å². The van der Waals surface area contributed by atoms with Gasteiger partial charge in [-0.05, 0) is 29.5 Å². The molecule has 15 heavy (non-hydrogen) atoms. The van der Waals surface area contributed by atoms with Crippen molar-refractivity contribution in [2.75, 3.05) is 0 Å². The minimum atomic E-state index is -0.344. The summed E-state index contributed by atoms with van der Waals surface area (Å²) in [6.45, 7) is 6.42. The lowest BCUT2D eigenvalue weighted by atomic mass is 9.97. The molecule has 0 spiro atoms. The van der Waals surface area contributed by atoms with Crippen molar-refractivity contribution in [1.29, 1.82) is 0 Å². The van der Waals surface area contributed by atoms with Gasteiger partial charge < -0.3 is 5.11 Å². The second kappa shape index (κ2) is 5.66. The molecule has 1 rings (SSSR count). The fourth-order valence-corrected chi connectivity index (χ4v) is 2.12. The van der Waals surface area contributed by atoms with Gasteiger partial charge in [0.1, 0.15) is 0 Å². The first kappa shape index (κ1) is 12.7. The van der Waals surface area contributed by atoms with Crippen LogP contribution in [0.3, 0.4) is 0 Å². The molecule has 1 aromatic rings. The third-order valence-corrected chi connectivity index (χ3v) is 3.33. The van der Waals surface area contributed by atoms with Crippen LogP contribution in [-0.2, 0) is 0 Å². The molecule has 0 bridgehead atoms. The lowest BCUT2D eigenvalue weighted by molar-refractivity contribution is 0.165. The van der Waals surface area contributed by atoms with E-state index in [1.54, 1.807) is 0 Å². The third kappa shape index (κ3) is 3.32. The van der Waals surface area contributed by atoms with Crippen LogP contribution in [0.5, 0.6) is 0 Å². The maximum Gasteiger partial charge on any atom is 0.0800 e. The molecule has 0 saturated carbocycles. The zero-order valence-electron chi connectivity index (χ0n) is 9.63. The summed E-state index contributed by atoms with van der Waals surface area (Å²) in [6.07, 6.45) is 1.47. The first-order valence-corrected chi connectivity index (χ1v) is 6.33. The molecule has 0 amide bonds. The Morgan fingerprint density at radius 1 is 1.33 bits per heavy atom. The molecular weight excluding hydrogens is 252 g/mol.